The number of nitrogens with zero attached hydrogens (tertiary/aromatic N) is 1. The van der Waals surface area contributed by atoms with Crippen molar-refractivity contribution in [2.24, 2.45) is 0 Å². The second-order valence-corrected chi connectivity index (χ2v) is 6.14. The van der Waals surface area contributed by atoms with Crippen LogP contribution in [-0.4, -0.2) is 28.5 Å². The Labute approximate surface area is 130 Å². The highest BCUT2D eigenvalue weighted by atomic mass is 16.6. The smallest absolute Gasteiger partial charge is 0.419 e. The number of hydrogen-bond acceptors (Lipinski definition) is 4. The summed E-state index contributed by atoms with van der Waals surface area (Å²) in [6.07, 6.45) is 0.186. The van der Waals surface area contributed by atoms with Gasteiger partial charge in [-0.2, -0.15) is 0 Å². The van der Waals surface area contributed by atoms with Crippen LogP contribution in [0.5, 0.6) is 5.75 Å². The minimum atomic E-state index is -0.579. The second-order valence-electron chi connectivity index (χ2n) is 6.14. The number of carbonyl (C=O) groups is 1. The van der Waals surface area contributed by atoms with E-state index in [1.165, 1.54) is 0 Å². The van der Waals surface area contributed by atoms with E-state index in [2.05, 4.69) is 0 Å². The van der Waals surface area contributed by atoms with E-state index in [0.717, 1.165) is 22.2 Å². The monoisotopic (exact) mass is 305 g/mol. The summed E-state index contributed by atoms with van der Waals surface area (Å²) in [6.45, 7) is 7.31. The summed E-state index contributed by atoms with van der Waals surface area (Å²) >= 11 is 0. The molecule has 0 aliphatic heterocycles. The zero-order valence-corrected chi connectivity index (χ0v) is 13.8. The summed E-state index contributed by atoms with van der Waals surface area (Å²) in [7, 11) is 1.59. The van der Waals surface area contributed by atoms with Crippen molar-refractivity contribution in [3.8, 4) is 5.75 Å². The Bertz CT molecular complexity index is 695. The lowest BCUT2D eigenvalue weighted by Crippen LogP contribution is -2.28. The van der Waals surface area contributed by atoms with Crippen molar-refractivity contribution in [1.29, 1.82) is 0 Å². The number of aliphatic hydroxyl groups is 1. The molecule has 0 spiro atoms. The minimum Gasteiger partial charge on any atom is -0.497 e. The highest BCUT2D eigenvalue weighted by Crippen LogP contribution is 2.31. The molecule has 0 saturated heterocycles. The first-order valence-corrected chi connectivity index (χ1v) is 7.36. The van der Waals surface area contributed by atoms with Crippen LogP contribution in [0.2, 0.25) is 0 Å². The van der Waals surface area contributed by atoms with Crippen LogP contribution >= 0.6 is 0 Å². The number of carbonyl (C=O) groups excluding carboxylic acids is 1. The average Bonchev–Trinajstić information content (AvgIpc) is 2.77. The topological polar surface area (TPSA) is 60.7 Å². The Morgan fingerprint density at radius 1 is 1.32 bits per heavy atom. The summed E-state index contributed by atoms with van der Waals surface area (Å²) in [6, 6.07) is 5.45. The van der Waals surface area contributed by atoms with E-state index in [1.807, 2.05) is 39.8 Å². The molecule has 1 aromatic heterocycles. The van der Waals surface area contributed by atoms with Crippen LogP contribution in [0.1, 0.15) is 39.0 Å². The Morgan fingerprint density at radius 2 is 2.00 bits per heavy atom. The first-order valence-electron chi connectivity index (χ1n) is 7.36. The number of fused-ring (bicyclic) bond motifs is 1. The molecule has 5 heteroatoms. The molecule has 1 aromatic carbocycles. The van der Waals surface area contributed by atoms with Crippen LogP contribution in [0.25, 0.3) is 10.9 Å². The number of hydrogen-bond donors (Lipinski definition) is 1. The standard InChI is InChI=1S/C17H23NO4/c1-6-14-13(10-19)12-9-11(21-5)7-8-15(12)18(14)16(20)22-17(2,3)4/h7-9,19H,6,10H2,1-5H3. The van der Waals surface area contributed by atoms with Gasteiger partial charge in [-0.1, -0.05) is 6.92 Å². The number of rotatable bonds is 3. The van der Waals surface area contributed by atoms with Crippen molar-refractivity contribution in [3.63, 3.8) is 0 Å². The zero-order valence-electron chi connectivity index (χ0n) is 13.8. The van der Waals surface area contributed by atoms with Gasteiger partial charge in [-0.15, -0.1) is 0 Å². The summed E-state index contributed by atoms with van der Waals surface area (Å²) in [5, 5.41) is 10.5. The normalized spacial score (nSPS) is 11.7. The lowest BCUT2D eigenvalue weighted by molar-refractivity contribution is 0.0540. The molecule has 120 valence electrons. The minimum absolute atomic E-state index is 0.136. The van der Waals surface area contributed by atoms with Crippen molar-refractivity contribution < 1.29 is 19.4 Å². The molecule has 0 aliphatic carbocycles. The van der Waals surface area contributed by atoms with Crippen LogP contribution in [-0.2, 0) is 17.8 Å². The molecule has 1 N–H and O–H groups in total. The van der Waals surface area contributed by atoms with E-state index >= 15 is 0 Å². The van der Waals surface area contributed by atoms with E-state index in [4.69, 9.17) is 9.47 Å². The predicted molar refractivity (Wildman–Crippen MR) is 85.4 cm³/mol. The molecule has 22 heavy (non-hydrogen) atoms. The number of aliphatic hydroxyl groups excluding tert-OH is 1. The highest BCUT2D eigenvalue weighted by molar-refractivity contribution is 5.94. The molecule has 0 aliphatic rings. The van der Waals surface area contributed by atoms with Gasteiger partial charge in [-0.05, 0) is 45.4 Å². The molecular weight excluding hydrogens is 282 g/mol. The van der Waals surface area contributed by atoms with Gasteiger partial charge in [0, 0.05) is 16.6 Å². The summed E-state index contributed by atoms with van der Waals surface area (Å²) in [4.78, 5) is 12.6. The van der Waals surface area contributed by atoms with E-state index in [0.29, 0.717) is 12.2 Å². The summed E-state index contributed by atoms with van der Waals surface area (Å²) < 4.78 is 12.3. The molecule has 0 amide bonds. The van der Waals surface area contributed by atoms with E-state index < -0.39 is 11.7 Å². The van der Waals surface area contributed by atoms with Gasteiger partial charge in [0.1, 0.15) is 11.4 Å². The van der Waals surface area contributed by atoms with Crippen molar-refractivity contribution in [3.05, 3.63) is 29.5 Å². The summed E-state index contributed by atoms with van der Waals surface area (Å²) in [5.41, 5.74) is 1.64. The van der Waals surface area contributed by atoms with Gasteiger partial charge < -0.3 is 14.6 Å². The third-order valence-corrected chi connectivity index (χ3v) is 3.46. The maximum Gasteiger partial charge on any atom is 0.419 e. The molecule has 0 unspecified atom stereocenters. The van der Waals surface area contributed by atoms with Gasteiger partial charge in [0.05, 0.1) is 19.2 Å². The third kappa shape index (κ3) is 2.95. The Balaban J connectivity index is 2.69. The molecule has 0 saturated carbocycles. The Hall–Kier alpha value is -2.01. The second kappa shape index (κ2) is 6.01. The molecular formula is C17H23NO4. The van der Waals surface area contributed by atoms with Crippen LogP contribution < -0.4 is 4.74 Å². The van der Waals surface area contributed by atoms with Crippen molar-refractivity contribution >= 4 is 17.0 Å². The molecule has 0 bridgehead atoms. The van der Waals surface area contributed by atoms with Gasteiger partial charge in [0.25, 0.3) is 0 Å². The fourth-order valence-electron chi connectivity index (χ4n) is 2.58. The van der Waals surface area contributed by atoms with Crippen molar-refractivity contribution in [1.82, 2.24) is 4.57 Å². The highest BCUT2D eigenvalue weighted by Gasteiger charge is 2.24. The molecule has 2 rings (SSSR count). The third-order valence-electron chi connectivity index (χ3n) is 3.46. The zero-order chi connectivity index (χ0) is 16.5. The van der Waals surface area contributed by atoms with Crippen LogP contribution in [0, 0.1) is 0 Å². The molecule has 2 aromatic rings. The molecule has 0 radical (unpaired) electrons. The Morgan fingerprint density at radius 3 is 2.50 bits per heavy atom. The lowest BCUT2D eigenvalue weighted by Gasteiger charge is -2.21. The Kier molecular flexibility index (Phi) is 4.47. The van der Waals surface area contributed by atoms with Gasteiger partial charge in [-0.3, -0.25) is 0 Å². The number of methoxy groups -OCH3 is 1. The quantitative estimate of drug-likeness (QED) is 0.943. The average molecular weight is 305 g/mol. The molecule has 0 atom stereocenters. The van der Waals surface area contributed by atoms with Gasteiger partial charge in [0.15, 0.2) is 0 Å². The van der Waals surface area contributed by atoms with Crippen LogP contribution in [0.4, 0.5) is 4.79 Å². The molecule has 0 fully saturated rings. The molecule has 5 nitrogen and oxygen atoms in total. The van der Waals surface area contributed by atoms with Gasteiger partial charge in [-0.25, -0.2) is 9.36 Å². The maximum atomic E-state index is 12.6. The largest absolute Gasteiger partial charge is 0.497 e. The molecule has 1 heterocycles. The van der Waals surface area contributed by atoms with Crippen LogP contribution in [0.3, 0.4) is 0 Å². The first-order chi connectivity index (χ1) is 10.3. The van der Waals surface area contributed by atoms with E-state index in [9.17, 15) is 9.90 Å². The van der Waals surface area contributed by atoms with Gasteiger partial charge in [0.2, 0.25) is 0 Å². The van der Waals surface area contributed by atoms with Crippen LogP contribution in [0.15, 0.2) is 18.2 Å². The SMILES string of the molecule is CCc1c(CO)c2cc(OC)ccc2n1C(=O)OC(C)(C)C. The number of aromatic nitrogens is 1. The lowest BCUT2D eigenvalue weighted by atomic mass is 10.1. The predicted octanol–water partition coefficient (Wildman–Crippen LogP) is 3.49. The maximum absolute atomic E-state index is 12.6. The fraction of sp³-hybridized carbons (Fsp3) is 0.471. The van der Waals surface area contributed by atoms with Gasteiger partial charge >= 0.3 is 6.09 Å². The van der Waals surface area contributed by atoms with E-state index in [-0.39, 0.29) is 6.61 Å². The van der Waals surface area contributed by atoms with E-state index in [1.54, 1.807) is 17.7 Å². The number of ether oxygens (including phenoxy) is 2. The van der Waals surface area contributed by atoms with Crippen molar-refractivity contribution in [2.75, 3.05) is 7.11 Å². The summed E-state index contributed by atoms with van der Waals surface area (Å²) in [5.74, 6) is 0.686. The number of benzene rings is 1. The first kappa shape index (κ1) is 16.4. The van der Waals surface area contributed by atoms with Crippen molar-refractivity contribution in [2.45, 2.75) is 46.3 Å². The fourth-order valence-corrected chi connectivity index (χ4v) is 2.58.